The van der Waals surface area contributed by atoms with Gasteiger partial charge in [0.05, 0.1) is 0 Å². The van der Waals surface area contributed by atoms with Gasteiger partial charge in [-0.3, -0.25) is 14.5 Å². The Bertz CT molecular complexity index is 1110. The average molecular weight is 513 g/mol. The maximum Gasteiger partial charge on any atom is 0.294 e. The smallest absolute Gasteiger partial charge is 0.294 e. The lowest BCUT2D eigenvalue weighted by Gasteiger charge is -2.33. The number of para-hydroxylation sites is 1. The van der Waals surface area contributed by atoms with Gasteiger partial charge >= 0.3 is 0 Å². The Morgan fingerprint density at radius 2 is 1.67 bits per heavy atom. The fourth-order valence-electron chi connectivity index (χ4n) is 3.82. The summed E-state index contributed by atoms with van der Waals surface area (Å²) >= 11 is 0. The van der Waals surface area contributed by atoms with Crippen molar-refractivity contribution in [2.75, 3.05) is 10.2 Å². The Kier molecular flexibility index (Phi) is 6.55. The number of fused-ring (bicyclic) bond motifs is 1. The largest absolute Gasteiger partial charge is 1.00 e. The normalized spacial score (nSPS) is 15.2. The van der Waals surface area contributed by atoms with Crippen LogP contribution in [0.5, 0.6) is 0 Å². The van der Waals surface area contributed by atoms with Gasteiger partial charge in [0.2, 0.25) is 18.3 Å². The molecule has 2 amide bonds. The Morgan fingerprint density at radius 1 is 0.967 bits per heavy atom. The highest BCUT2D eigenvalue weighted by Crippen LogP contribution is 2.33. The van der Waals surface area contributed by atoms with Crippen LogP contribution in [0.4, 0.5) is 11.4 Å². The molecule has 2 aromatic carbocycles. The molecule has 1 atom stereocenters. The van der Waals surface area contributed by atoms with Crippen LogP contribution in [0.3, 0.4) is 0 Å². The van der Waals surface area contributed by atoms with E-state index < -0.39 is 6.04 Å². The maximum absolute atomic E-state index is 13.5. The van der Waals surface area contributed by atoms with Crippen molar-refractivity contribution in [3.8, 4) is 0 Å². The number of benzene rings is 2. The minimum Gasteiger partial charge on any atom is -1.00 e. The van der Waals surface area contributed by atoms with Crippen LogP contribution in [0.1, 0.15) is 28.4 Å². The van der Waals surface area contributed by atoms with Gasteiger partial charge < -0.3 is 29.3 Å². The van der Waals surface area contributed by atoms with Gasteiger partial charge in [0.25, 0.3) is 11.8 Å². The molecule has 154 valence electrons. The number of carbonyl (C=O) groups excluding carboxylic acids is 2. The Morgan fingerprint density at radius 3 is 2.43 bits per heavy atom. The Labute approximate surface area is 193 Å². The second-order valence-electron chi connectivity index (χ2n) is 7.44. The van der Waals surface area contributed by atoms with Crippen LogP contribution in [-0.2, 0) is 16.1 Å². The van der Waals surface area contributed by atoms with Crippen LogP contribution < -0.4 is 38.8 Å². The summed E-state index contributed by atoms with van der Waals surface area (Å²) in [5.74, 6) is -0.333. The number of anilines is 2. The Balaban J connectivity index is 0.00000256. The molecule has 1 aromatic heterocycles. The van der Waals surface area contributed by atoms with E-state index >= 15 is 0 Å². The van der Waals surface area contributed by atoms with E-state index in [0.29, 0.717) is 0 Å². The lowest BCUT2D eigenvalue weighted by atomic mass is 10.0. The first-order valence-corrected chi connectivity index (χ1v) is 9.70. The number of amides is 2. The van der Waals surface area contributed by atoms with E-state index in [1.165, 1.54) is 0 Å². The summed E-state index contributed by atoms with van der Waals surface area (Å²) in [7, 11) is 0. The lowest BCUT2D eigenvalue weighted by Crippen LogP contribution is -3.00. The van der Waals surface area contributed by atoms with Gasteiger partial charge in [-0.05, 0) is 49.6 Å². The SMILES string of the molecule is Cc1ccccc1NC(=O)C1c2cccc[n+]2CC(=O)N1c1cccc(C)c1C.[I-]. The van der Waals surface area contributed by atoms with Gasteiger partial charge in [-0.25, -0.2) is 0 Å². The van der Waals surface area contributed by atoms with Crippen molar-refractivity contribution in [2.24, 2.45) is 0 Å². The van der Waals surface area contributed by atoms with E-state index in [0.717, 1.165) is 33.8 Å². The molecular weight excluding hydrogens is 489 g/mol. The van der Waals surface area contributed by atoms with Gasteiger partial charge in [-0.1, -0.05) is 36.4 Å². The molecule has 3 aromatic rings. The molecule has 5 nitrogen and oxygen atoms in total. The molecule has 1 unspecified atom stereocenters. The molecule has 6 heteroatoms. The monoisotopic (exact) mass is 513 g/mol. The van der Waals surface area contributed by atoms with Crippen LogP contribution in [-0.4, -0.2) is 11.8 Å². The van der Waals surface area contributed by atoms with E-state index in [9.17, 15) is 9.59 Å². The summed E-state index contributed by atoms with van der Waals surface area (Å²) < 4.78 is 1.85. The third-order valence-corrected chi connectivity index (χ3v) is 5.58. The number of nitrogens with zero attached hydrogens (tertiary/aromatic N) is 2. The second-order valence-corrected chi connectivity index (χ2v) is 7.44. The van der Waals surface area contributed by atoms with E-state index in [-0.39, 0.29) is 42.3 Å². The first-order chi connectivity index (χ1) is 14.0. The average Bonchev–Trinajstić information content (AvgIpc) is 2.71. The zero-order chi connectivity index (χ0) is 20.5. The number of pyridine rings is 1. The fraction of sp³-hybridized carbons (Fsp3) is 0.208. The number of hydrogen-bond donors (Lipinski definition) is 1. The zero-order valence-electron chi connectivity index (χ0n) is 17.2. The van der Waals surface area contributed by atoms with Gasteiger partial charge in [0, 0.05) is 23.5 Å². The molecule has 0 aliphatic carbocycles. The number of rotatable bonds is 3. The summed E-state index contributed by atoms with van der Waals surface area (Å²) in [5, 5.41) is 3.03. The van der Waals surface area contributed by atoms with E-state index in [2.05, 4.69) is 5.32 Å². The van der Waals surface area contributed by atoms with Crippen molar-refractivity contribution >= 4 is 23.2 Å². The zero-order valence-corrected chi connectivity index (χ0v) is 19.4. The number of carbonyl (C=O) groups is 2. The van der Waals surface area contributed by atoms with E-state index in [1.807, 2.05) is 92.2 Å². The highest BCUT2D eigenvalue weighted by Gasteiger charge is 2.44. The summed E-state index contributed by atoms with van der Waals surface area (Å²) in [6.45, 7) is 6.16. The quantitative estimate of drug-likeness (QED) is 0.413. The lowest BCUT2D eigenvalue weighted by molar-refractivity contribution is -0.695. The number of aryl methyl sites for hydroxylation is 2. The summed E-state index contributed by atoms with van der Waals surface area (Å²) in [4.78, 5) is 28.3. The van der Waals surface area contributed by atoms with Crippen molar-refractivity contribution in [2.45, 2.75) is 33.4 Å². The molecule has 1 N–H and O–H groups in total. The minimum absolute atomic E-state index is 0. The van der Waals surface area contributed by atoms with Crippen molar-refractivity contribution in [3.63, 3.8) is 0 Å². The molecule has 4 rings (SSSR count). The van der Waals surface area contributed by atoms with Gasteiger partial charge in [0.1, 0.15) is 0 Å². The third kappa shape index (κ3) is 3.96. The molecule has 30 heavy (non-hydrogen) atoms. The van der Waals surface area contributed by atoms with Crippen molar-refractivity contribution in [1.82, 2.24) is 0 Å². The molecule has 0 radical (unpaired) electrons. The van der Waals surface area contributed by atoms with Gasteiger partial charge in [0.15, 0.2) is 6.20 Å². The topological polar surface area (TPSA) is 53.3 Å². The second kappa shape index (κ2) is 8.95. The first kappa shape index (κ1) is 22.0. The minimum atomic E-state index is -0.752. The number of hydrogen-bond acceptors (Lipinski definition) is 2. The predicted octanol–water partition coefficient (Wildman–Crippen LogP) is 0.630. The Hall–Kier alpha value is -2.74. The fourth-order valence-corrected chi connectivity index (χ4v) is 3.82. The molecule has 0 bridgehead atoms. The molecule has 1 aliphatic rings. The number of nitrogens with one attached hydrogen (secondary N) is 1. The molecule has 0 saturated carbocycles. The maximum atomic E-state index is 13.5. The van der Waals surface area contributed by atoms with E-state index in [1.54, 1.807) is 4.90 Å². The first-order valence-electron chi connectivity index (χ1n) is 9.70. The number of halogens is 1. The highest BCUT2D eigenvalue weighted by atomic mass is 127. The number of aromatic nitrogens is 1. The van der Waals surface area contributed by atoms with Crippen molar-refractivity contribution in [1.29, 1.82) is 0 Å². The summed E-state index contributed by atoms with van der Waals surface area (Å²) in [6.07, 6.45) is 1.85. The van der Waals surface area contributed by atoms with Crippen LogP contribution in [0, 0.1) is 20.8 Å². The molecule has 0 saturated heterocycles. The van der Waals surface area contributed by atoms with E-state index in [4.69, 9.17) is 0 Å². The molecule has 0 fully saturated rings. The summed E-state index contributed by atoms with van der Waals surface area (Å²) in [5.41, 5.74) is 5.37. The third-order valence-electron chi connectivity index (χ3n) is 5.58. The molecule has 1 aliphatic heterocycles. The molecular formula is C24H24IN3O2. The van der Waals surface area contributed by atoms with Gasteiger partial charge in [-0.15, -0.1) is 0 Å². The highest BCUT2D eigenvalue weighted by molar-refractivity contribution is 6.06. The molecule has 2 heterocycles. The van der Waals surface area contributed by atoms with Crippen LogP contribution in [0.25, 0.3) is 0 Å². The molecule has 0 spiro atoms. The predicted molar refractivity (Wildman–Crippen MR) is 113 cm³/mol. The van der Waals surface area contributed by atoms with Crippen LogP contribution >= 0.6 is 0 Å². The van der Waals surface area contributed by atoms with Gasteiger partial charge in [-0.2, -0.15) is 4.57 Å². The summed E-state index contributed by atoms with van der Waals surface area (Å²) in [6, 6.07) is 18.4. The van der Waals surface area contributed by atoms with Crippen molar-refractivity contribution < 1.29 is 38.1 Å². The van der Waals surface area contributed by atoms with Crippen molar-refractivity contribution in [3.05, 3.63) is 89.2 Å². The van der Waals surface area contributed by atoms with Crippen LogP contribution in [0.15, 0.2) is 66.9 Å². The van der Waals surface area contributed by atoms with Crippen LogP contribution in [0.2, 0.25) is 0 Å². The standard InChI is InChI=1S/C24H23N3O2.HI/c1-16-10-8-13-20(18(16)3)27-22(28)15-26-14-7-6-12-21(26)23(27)24(29)25-19-11-5-4-9-17(19)2;/h4-14,23H,15H2,1-3H3;1H.